The van der Waals surface area contributed by atoms with Gasteiger partial charge in [0.2, 0.25) is 0 Å². The molecule has 0 spiro atoms. The maximum absolute atomic E-state index is 13.5. The molecule has 0 bridgehead atoms. The minimum atomic E-state index is -0.171. The van der Waals surface area contributed by atoms with E-state index in [1.807, 2.05) is 25.1 Å². The van der Waals surface area contributed by atoms with Crippen LogP contribution in [0.3, 0.4) is 0 Å². The Hall–Kier alpha value is -1.87. The molecule has 1 unspecified atom stereocenters. The van der Waals surface area contributed by atoms with Crippen molar-refractivity contribution < 1.29 is 4.39 Å². The van der Waals surface area contributed by atoms with Crippen LogP contribution in [0.15, 0.2) is 42.5 Å². The summed E-state index contributed by atoms with van der Waals surface area (Å²) in [6.07, 6.45) is 2.06. The fourth-order valence-corrected chi connectivity index (χ4v) is 3.05. The number of fused-ring (bicyclic) bond motifs is 1. The molecular formula is C18H21FN2. The van der Waals surface area contributed by atoms with Gasteiger partial charge in [-0.1, -0.05) is 24.3 Å². The summed E-state index contributed by atoms with van der Waals surface area (Å²) < 4.78 is 13.5. The molecule has 21 heavy (non-hydrogen) atoms. The molecule has 0 aromatic heterocycles. The number of hydrogen-bond acceptors (Lipinski definition) is 2. The van der Waals surface area contributed by atoms with E-state index >= 15 is 0 Å². The Morgan fingerprint density at radius 2 is 2.05 bits per heavy atom. The lowest BCUT2D eigenvalue weighted by atomic mass is 10.0. The largest absolute Gasteiger partial charge is 0.367 e. The lowest BCUT2D eigenvalue weighted by Gasteiger charge is -2.26. The SMILES string of the molecule is Cc1ccc(F)cc1CN1CCCC(N)c2ccccc21. The Bertz CT molecular complexity index is 639. The second-order valence-corrected chi connectivity index (χ2v) is 5.80. The molecule has 1 aliphatic rings. The molecule has 2 N–H and O–H groups in total. The molecule has 1 heterocycles. The Labute approximate surface area is 125 Å². The second kappa shape index (κ2) is 5.86. The molecule has 3 rings (SSSR count). The number of para-hydroxylation sites is 1. The average Bonchev–Trinajstić information content (AvgIpc) is 2.64. The van der Waals surface area contributed by atoms with E-state index in [9.17, 15) is 4.39 Å². The zero-order valence-electron chi connectivity index (χ0n) is 12.3. The number of anilines is 1. The van der Waals surface area contributed by atoms with Crippen molar-refractivity contribution in [2.45, 2.75) is 32.4 Å². The van der Waals surface area contributed by atoms with Crippen LogP contribution in [0.2, 0.25) is 0 Å². The molecule has 0 amide bonds. The molecule has 0 fully saturated rings. The first-order valence-corrected chi connectivity index (χ1v) is 7.49. The summed E-state index contributed by atoms with van der Waals surface area (Å²) in [4.78, 5) is 2.32. The predicted octanol–water partition coefficient (Wildman–Crippen LogP) is 3.93. The van der Waals surface area contributed by atoms with Crippen LogP contribution in [0.5, 0.6) is 0 Å². The van der Waals surface area contributed by atoms with E-state index < -0.39 is 0 Å². The molecule has 0 radical (unpaired) electrons. The third kappa shape index (κ3) is 2.93. The maximum atomic E-state index is 13.5. The molecule has 110 valence electrons. The Balaban J connectivity index is 1.95. The van der Waals surface area contributed by atoms with E-state index in [-0.39, 0.29) is 11.9 Å². The van der Waals surface area contributed by atoms with Crippen molar-refractivity contribution >= 4 is 5.69 Å². The van der Waals surface area contributed by atoms with E-state index in [1.54, 1.807) is 6.07 Å². The number of aryl methyl sites for hydroxylation is 1. The van der Waals surface area contributed by atoms with Crippen LogP contribution in [0.1, 0.15) is 35.6 Å². The minimum absolute atomic E-state index is 0.0970. The van der Waals surface area contributed by atoms with Gasteiger partial charge in [-0.25, -0.2) is 4.39 Å². The summed E-state index contributed by atoms with van der Waals surface area (Å²) in [5.74, 6) is -0.171. The maximum Gasteiger partial charge on any atom is 0.123 e. The quantitative estimate of drug-likeness (QED) is 0.905. The van der Waals surface area contributed by atoms with Crippen LogP contribution < -0.4 is 10.6 Å². The van der Waals surface area contributed by atoms with Gasteiger partial charge in [-0.05, 0) is 54.7 Å². The summed E-state index contributed by atoms with van der Waals surface area (Å²) in [7, 11) is 0. The highest BCUT2D eigenvalue weighted by molar-refractivity contribution is 5.56. The highest BCUT2D eigenvalue weighted by Crippen LogP contribution is 2.32. The number of nitrogens with zero attached hydrogens (tertiary/aromatic N) is 1. The van der Waals surface area contributed by atoms with Crippen molar-refractivity contribution in [1.82, 2.24) is 0 Å². The molecule has 0 aliphatic carbocycles. The van der Waals surface area contributed by atoms with Gasteiger partial charge in [0.1, 0.15) is 5.82 Å². The molecule has 2 aromatic carbocycles. The zero-order chi connectivity index (χ0) is 14.8. The summed E-state index contributed by atoms with van der Waals surface area (Å²) in [5.41, 5.74) is 10.8. The van der Waals surface area contributed by atoms with Crippen LogP contribution in [0, 0.1) is 12.7 Å². The van der Waals surface area contributed by atoms with Gasteiger partial charge in [0.25, 0.3) is 0 Å². The van der Waals surface area contributed by atoms with Gasteiger partial charge in [0.15, 0.2) is 0 Å². The number of hydrogen-bond donors (Lipinski definition) is 1. The first-order chi connectivity index (χ1) is 10.1. The number of rotatable bonds is 2. The van der Waals surface area contributed by atoms with Crippen molar-refractivity contribution in [2.24, 2.45) is 5.73 Å². The van der Waals surface area contributed by atoms with E-state index in [4.69, 9.17) is 5.73 Å². The van der Waals surface area contributed by atoms with Gasteiger partial charge < -0.3 is 10.6 Å². The summed E-state index contributed by atoms with van der Waals surface area (Å²) in [6.45, 7) is 3.72. The smallest absolute Gasteiger partial charge is 0.123 e. The minimum Gasteiger partial charge on any atom is -0.367 e. The van der Waals surface area contributed by atoms with E-state index in [0.29, 0.717) is 0 Å². The summed E-state index contributed by atoms with van der Waals surface area (Å²) in [5, 5.41) is 0. The molecular weight excluding hydrogens is 263 g/mol. The van der Waals surface area contributed by atoms with Crippen LogP contribution >= 0.6 is 0 Å². The average molecular weight is 284 g/mol. The van der Waals surface area contributed by atoms with Crippen LogP contribution in [0.4, 0.5) is 10.1 Å². The van der Waals surface area contributed by atoms with Gasteiger partial charge in [0.05, 0.1) is 0 Å². The van der Waals surface area contributed by atoms with Crippen molar-refractivity contribution in [3.63, 3.8) is 0 Å². The van der Waals surface area contributed by atoms with Gasteiger partial charge in [-0.15, -0.1) is 0 Å². The van der Waals surface area contributed by atoms with E-state index in [2.05, 4.69) is 17.0 Å². The number of halogens is 1. The fourth-order valence-electron chi connectivity index (χ4n) is 3.05. The third-order valence-corrected chi connectivity index (χ3v) is 4.29. The monoisotopic (exact) mass is 284 g/mol. The molecule has 1 atom stereocenters. The fraction of sp³-hybridized carbons (Fsp3) is 0.333. The Kier molecular flexibility index (Phi) is 3.93. The molecule has 1 aliphatic heterocycles. The van der Waals surface area contributed by atoms with Gasteiger partial charge in [-0.2, -0.15) is 0 Å². The normalized spacial score (nSPS) is 18.2. The van der Waals surface area contributed by atoms with E-state index in [1.165, 1.54) is 17.3 Å². The molecule has 2 nitrogen and oxygen atoms in total. The first-order valence-electron chi connectivity index (χ1n) is 7.49. The topological polar surface area (TPSA) is 29.3 Å². The summed E-state index contributed by atoms with van der Waals surface area (Å²) >= 11 is 0. The Morgan fingerprint density at radius 3 is 2.90 bits per heavy atom. The van der Waals surface area contributed by atoms with Gasteiger partial charge in [-0.3, -0.25) is 0 Å². The highest BCUT2D eigenvalue weighted by atomic mass is 19.1. The summed E-state index contributed by atoms with van der Waals surface area (Å²) in [6, 6.07) is 13.4. The van der Waals surface area contributed by atoms with E-state index in [0.717, 1.165) is 37.1 Å². The van der Waals surface area contributed by atoms with Crippen molar-refractivity contribution in [3.8, 4) is 0 Å². The molecule has 2 aromatic rings. The van der Waals surface area contributed by atoms with Crippen LogP contribution in [-0.4, -0.2) is 6.54 Å². The van der Waals surface area contributed by atoms with Crippen molar-refractivity contribution in [2.75, 3.05) is 11.4 Å². The van der Waals surface area contributed by atoms with Crippen LogP contribution in [0.25, 0.3) is 0 Å². The molecule has 0 saturated heterocycles. The van der Waals surface area contributed by atoms with Gasteiger partial charge >= 0.3 is 0 Å². The third-order valence-electron chi connectivity index (χ3n) is 4.29. The zero-order valence-corrected chi connectivity index (χ0v) is 12.3. The lowest BCUT2D eigenvalue weighted by molar-refractivity contribution is 0.618. The van der Waals surface area contributed by atoms with Crippen molar-refractivity contribution in [1.29, 1.82) is 0 Å². The standard InChI is InChI=1S/C18H21FN2/c1-13-8-9-15(19)11-14(13)12-21-10-4-6-17(20)16-5-2-3-7-18(16)21/h2-3,5,7-9,11,17H,4,6,10,12,20H2,1H3. The number of benzene rings is 2. The predicted molar refractivity (Wildman–Crippen MR) is 84.8 cm³/mol. The van der Waals surface area contributed by atoms with Crippen molar-refractivity contribution in [3.05, 3.63) is 65.0 Å². The Morgan fingerprint density at radius 1 is 1.24 bits per heavy atom. The van der Waals surface area contributed by atoms with Gasteiger partial charge in [0, 0.05) is 24.8 Å². The second-order valence-electron chi connectivity index (χ2n) is 5.80. The first kappa shape index (κ1) is 14.1. The van der Waals surface area contributed by atoms with Crippen LogP contribution in [-0.2, 0) is 6.54 Å². The number of nitrogens with two attached hydrogens (primary N) is 1. The highest BCUT2D eigenvalue weighted by Gasteiger charge is 2.20. The molecule has 3 heteroatoms. The molecule has 0 saturated carbocycles. The lowest BCUT2D eigenvalue weighted by Crippen LogP contribution is -2.24.